The highest BCUT2D eigenvalue weighted by Crippen LogP contribution is 2.38. The molecule has 0 saturated heterocycles. The molecule has 0 fully saturated rings. The summed E-state index contributed by atoms with van der Waals surface area (Å²) in [6.07, 6.45) is 5.28. The number of fused-ring (bicyclic) bond motifs is 1. The van der Waals surface area contributed by atoms with Gasteiger partial charge in [-0.15, -0.1) is 0 Å². The summed E-state index contributed by atoms with van der Waals surface area (Å²) in [6.45, 7) is 5.21. The summed E-state index contributed by atoms with van der Waals surface area (Å²) >= 11 is 0. The van der Waals surface area contributed by atoms with Crippen molar-refractivity contribution in [2.45, 2.75) is 64.1 Å². The zero-order valence-electron chi connectivity index (χ0n) is 12.1. The second kappa shape index (κ2) is 7.06. The third-order valence-electron chi connectivity index (χ3n) is 4.11. The molecule has 3 atom stereocenters. The van der Waals surface area contributed by atoms with Crippen LogP contribution in [-0.2, 0) is 4.74 Å². The third kappa shape index (κ3) is 3.58. The second-order valence-electron chi connectivity index (χ2n) is 5.68. The Morgan fingerprint density at radius 1 is 1.16 bits per heavy atom. The Morgan fingerprint density at radius 2 is 1.89 bits per heavy atom. The van der Waals surface area contributed by atoms with Crippen LogP contribution in [0.3, 0.4) is 0 Å². The summed E-state index contributed by atoms with van der Waals surface area (Å²) in [5.41, 5.74) is 2.33. The normalized spacial score (nSPS) is 26.2. The minimum absolute atomic E-state index is 0.0356. The fourth-order valence-corrected chi connectivity index (χ4v) is 2.96. The van der Waals surface area contributed by atoms with E-state index in [1.165, 1.54) is 24.8 Å². The first-order chi connectivity index (χ1) is 9.24. The van der Waals surface area contributed by atoms with Crippen LogP contribution in [-0.4, -0.2) is 17.8 Å². The van der Waals surface area contributed by atoms with Crippen LogP contribution in [0, 0.1) is 0 Å². The molecule has 1 N–H and O–H groups in total. The number of unbranched alkanes of at least 4 members (excludes halogenated alkanes) is 3. The Kier molecular flexibility index (Phi) is 5.41. The lowest BCUT2D eigenvalue weighted by Crippen LogP contribution is -2.30. The molecular weight excluding hydrogens is 236 g/mol. The van der Waals surface area contributed by atoms with E-state index in [0.717, 1.165) is 25.0 Å². The molecule has 106 valence electrons. The largest absolute Gasteiger partial charge is 0.386 e. The molecule has 1 aliphatic carbocycles. The molecule has 1 aromatic rings. The number of rotatable bonds is 6. The van der Waals surface area contributed by atoms with E-state index in [0.29, 0.717) is 5.92 Å². The number of hydrogen-bond acceptors (Lipinski definition) is 2. The Labute approximate surface area is 116 Å². The number of benzene rings is 1. The van der Waals surface area contributed by atoms with Crippen molar-refractivity contribution < 1.29 is 9.84 Å². The lowest BCUT2D eigenvalue weighted by atomic mass is 9.80. The molecule has 0 saturated carbocycles. The van der Waals surface area contributed by atoms with Gasteiger partial charge >= 0.3 is 0 Å². The number of hydrogen-bond donors (Lipinski definition) is 1. The molecule has 0 aromatic heterocycles. The Morgan fingerprint density at radius 3 is 2.63 bits per heavy atom. The smallest absolute Gasteiger partial charge is 0.105 e. The van der Waals surface area contributed by atoms with Crippen molar-refractivity contribution in [3.05, 3.63) is 35.4 Å². The van der Waals surface area contributed by atoms with Gasteiger partial charge in [-0.2, -0.15) is 0 Å². The van der Waals surface area contributed by atoms with Gasteiger partial charge in [-0.1, -0.05) is 57.4 Å². The number of aliphatic hydroxyl groups is 1. The zero-order chi connectivity index (χ0) is 13.7. The number of ether oxygens (including phenoxy) is 1. The van der Waals surface area contributed by atoms with Gasteiger partial charge in [-0.05, 0) is 29.9 Å². The maximum absolute atomic E-state index is 10.4. The monoisotopic (exact) mass is 262 g/mol. The van der Waals surface area contributed by atoms with Crippen LogP contribution in [0.15, 0.2) is 24.3 Å². The average molecular weight is 262 g/mol. The van der Waals surface area contributed by atoms with Crippen LogP contribution in [0.4, 0.5) is 0 Å². The van der Waals surface area contributed by atoms with Crippen molar-refractivity contribution in [1.29, 1.82) is 0 Å². The number of aliphatic hydroxyl groups excluding tert-OH is 1. The van der Waals surface area contributed by atoms with Crippen LogP contribution in [0.5, 0.6) is 0 Å². The molecule has 0 radical (unpaired) electrons. The molecule has 1 aliphatic rings. The van der Waals surface area contributed by atoms with E-state index in [2.05, 4.69) is 19.9 Å². The molecule has 0 bridgehead atoms. The van der Waals surface area contributed by atoms with Gasteiger partial charge in [0, 0.05) is 6.61 Å². The van der Waals surface area contributed by atoms with Crippen LogP contribution in [0.25, 0.3) is 0 Å². The average Bonchev–Trinajstić information content (AvgIpc) is 2.44. The summed E-state index contributed by atoms with van der Waals surface area (Å²) in [4.78, 5) is 0. The fourth-order valence-electron chi connectivity index (χ4n) is 2.96. The predicted octanol–water partition coefficient (Wildman–Crippen LogP) is 4.19. The molecule has 2 nitrogen and oxygen atoms in total. The van der Waals surface area contributed by atoms with Crippen molar-refractivity contribution in [1.82, 2.24) is 0 Å². The molecular formula is C17H26O2. The molecule has 2 heteroatoms. The lowest BCUT2D eigenvalue weighted by molar-refractivity contribution is -0.0532. The van der Waals surface area contributed by atoms with Crippen LogP contribution >= 0.6 is 0 Å². The van der Waals surface area contributed by atoms with E-state index >= 15 is 0 Å². The van der Waals surface area contributed by atoms with Crippen LogP contribution in [0.1, 0.15) is 69.1 Å². The highest BCUT2D eigenvalue weighted by molar-refractivity contribution is 5.35. The SMILES string of the molecule is CCCCCCOC1CC(C)c2ccccc2C1O. The van der Waals surface area contributed by atoms with E-state index in [9.17, 15) is 5.11 Å². The summed E-state index contributed by atoms with van der Waals surface area (Å²) in [5, 5.41) is 10.4. The standard InChI is InChI=1S/C17H26O2/c1-3-4-5-8-11-19-16-12-13(2)14-9-6-7-10-15(14)17(16)18/h6-7,9-10,13,16-18H,3-5,8,11-12H2,1-2H3. The van der Waals surface area contributed by atoms with Gasteiger partial charge in [-0.3, -0.25) is 0 Å². The highest BCUT2D eigenvalue weighted by atomic mass is 16.5. The molecule has 2 rings (SSSR count). The van der Waals surface area contributed by atoms with E-state index in [-0.39, 0.29) is 6.10 Å². The van der Waals surface area contributed by atoms with Crippen molar-refractivity contribution in [2.24, 2.45) is 0 Å². The van der Waals surface area contributed by atoms with Crippen molar-refractivity contribution in [3.8, 4) is 0 Å². The van der Waals surface area contributed by atoms with Gasteiger partial charge in [-0.25, -0.2) is 0 Å². The van der Waals surface area contributed by atoms with Crippen LogP contribution in [0.2, 0.25) is 0 Å². The van der Waals surface area contributed by atoms with E-state index in [4.69, 9.17) is 4.74 Å². The molecule has 1 aromatic carbocycles. The maximum Gasteiger partial charge on any atom is 0.105 e. The topological polar surface area (TPSA) is 29.5 Å². The first-order valence-corrected chi connectivity index (χ1v) is 7.62. The highest BCUT2D eigenvalue weighted by Gasteiger charge is 2.32. The van der Waals surface area contributed by atoms with E-state index in [1.807, 2.05) is 18.2 Å². The quantitative estimate of drug-likeness (QED) is 0.779. The second-order valence-corrected chi connectivity index (χ2v) is 5.68. The summed E-state index contributed by atoms with van der Waals surface area (Å²) in [7, 11) is 0. The van der Waals surface area contributed by atoms with Gasteiger partial charge in [0.25, 0.3) is 0 Å². The Hall–Kier alpha value is -0.860. The molecule has 0 spiro atoms. The summed E-state index contributed by atoms with van der Waals surface area (Å²) in [6, 6.07) is 8.20. The zero-order valence-corrected chi connectivity index (χ0v) is 12.1. The molecule has 0 amide bonds. The maximum atomic E-state index is 10.4. The van der Waals surface area contributed by atoms with Gasteiger partial charge in [0.1, 0.15) is 6.10 Å². The Bertz CT molecular complexity index is 389. The predicted molar refractivity (Wildman–Crippen MR) is 78.3 cm³/mol. The Balaban J connectivity index is 1.90. The van der Waals surface area contributed by atoms with Crippen molar-refractivity contribution in [2.75, 3.05) is 6.61 Å². The first-order valence-electron chi connectivity index (χ1n) is 7.62. The van der Waals surface area contributed by atoms with E-state index < -0.39 is 6.10 Å². The van der Waals surface area contributed by atoms with Gasteiger partial charge in [0.05, 0.1) is 6.10 Å². The summed E-state index contributed by atoms with van der Waals surface area (Å²) in [5.74, 6) is 0.472. The lowest BCUT2D eigenvalue weighted by Gasteiger charge is -2.34. The van der Waals surface area contributed by atoms with Crippen molar-refractivity contribution >= 4 is 0 Å². The minimum atomic E-state index is -0.460. The van der Waals surface area contributed by atoms with Crippen molar-refractivity contribution in [3.63, 3.8) is 0 Å². The molecule has 19 heavy (non-hydrogen) atoms. The van der Waals surface area contributed by atoms with E-state index in [1.54, 1.807) is 0 Å². The summed E-state index contributed by atoms with van der Waals surface area (Å²) < 4.78 is 5.92. The van der Waals surface area contributed by atoms with Crippen LogP contribution < -0.4 is 0 Å². The molecule has 0 heterocycles. The first kappa shape index (κ1) is 14.5. The molecule has 3 unspecified atom stereocenters. The minimum Gasteiger partial charge on any atom is -0.386 e. The van der Waals surface area contributed by atoms with Gasteiger partial charge in [0.15, 0.2) is 0 Å². The van der Waals surface area contributed by atoms with Gasteiger partial charge in [0.2, 0.25) is 0 Å². The molecule has 0 aliphatic heterocycles. The third-order valence-corrected chi connectivity index (χ3v) is 4.11. The van der Waals surface area contributed by atoms with Gasteiger partial charge < -0.3 is 9.84 Å². The fraction of sp³-hybridized carbons (Fsp3) is 0.647.